The zero-order valence-electron chi connectivity index (χ0n) is 29.5. The van der Waals surface area contributed by atoms with Crippen LogP contribution in [0.1, 0.15) is 11.1 Å². The summed E-state index contributed by atoms with van der Waals surface area (Å²) in [5.41, 5.74) is 5.18. The topological polar surface area (TPSA) is 65.0 Å². The molecule has 0 aliphatic heterocycles. The molecule has 0 amide bonds. The lowest BCUT2D eigenvalue weighted by Gasteiger charge is -2.12. The van der Waals surface area contributed by atoms with Gasteiger partial charge in [-0.15, -0.1) is 0 Å². The van der Waals surface area contributed by atoms with Crippen LogP contribution in [0.15, 0.2) is 150 Å². The van der Waals surface area contributed by atoms with Crippen LogP contribution in [0.2, 0.25) is 0 Å². The van der Waals surface area contributed by atoms with Crippen molar-refractivity contribution in [3.63, 3.8) is 0 Å². The maximum Gasteiger partial charge on any atom is 0.309 e. The largest absolute Gasteiger partial charge is 0.419 e. The van der Waals surface area contributed by atoms with Crippen LogP contribution in [0.25, 0.3) is 87.0 Å². The molecule has 0 bridgehead atoms. The van der Waals surface area contributed by atoms with E-state index in [0.717, 1.165) is 98.1 Å². The summed E-state index contributed by atoms with van der Waals surface area (Å²) in [6, 6.07) is 46.7. The molecule has 2 unspecified atom stereocenters. The maximum atomic E-state index is 6.90. The molecular weight excluding hydrogens is 696 g/mol. The third kappa shape index (κ3) is 5.41. The third-order valence-corrected chi connectivity index (χ3v) is 12.3. The van der Waals surface area contributed by atoms with Crippen molar-refractivity contribution in [2.45, 2.75) is 13.2 Å². The first-order chi connectivity index (χ1) is 26.0. The highest BCUT2D eigenvalue weighted by Crippen LogP contribution is 2.44. The van der Waals surface area contributed by atoms with E-state index >= 15 is 0 Å². The van der Waals surface area contributed by atoms with Crippen LogP contribution in [0.4, 0.5) is 0 Å². The zero-order chi connectivity index (χ0) is 35.6. The molecule has 6 nitrogen and oxygen atoms in total. The van der Waals surface area contributed by atoms with E-state index in [1.54, 1.807) is 0 Å². The smallest absolute Gasteiger partial charge is 0.309 e. The van der Waals surface area contributed by atoms with Crippen LogP contribution >= 0.6 is 16.2 Å². The Morgan fingerprint density at radius 2 is 0.906 bits per heavy atom. The highest BCUT2D eigenvalue weighted by atomic mass is 31.1. The summed E-state index contributed by atoms with van der Waals surface area (Å²) < 4.78 is 35.6. The van der Waals surface area contributed by atoms with Gasteiger partial charge in [-0.25, -0.2) is 4.67 Å². The number of nitrogens with zero attached hydrogens (tertiary/aromatic N) is 1. The summed E-state index contributed by atoms with van der Waals surface area (Å²) >= 11 is 0. The molecule has 0 radical (unpaired) electrons. The number of hydrogen-bond donors (Lipinski definition) is 0. The summed E-state index contributed by atoms with van der Waals surface area (Å²) in [5, 5.41) is 13.2. The van der Waals surface area contributed by atoms with Gasteiger partial charge in [0.2, 0.25) is 8.01 Å². The van der Waals surface area contributed by atoms with E-state index in [1.807, 2.05) is 25.4 Å². The molecule has 0 N–H and O–H groups in total. The van der Waals surface area contributed by atoms with Crippen molar-refractivity contribution < 1.29 is 21.5 Å². The van der Waals surface area contributed by atoms with Crippen LogP contribution in [-0.2, 0) is 24.6 Å². The molecule has 0 spiro atoms. The molecule has 0 aliphatic rings. The minimum Gasteiger partial charge on any atom is -0.419 e. The molecule has 260 valence electrons. The summed E-state index contributed by atoms with van der Waals surface area (Å²) in [5.74, 6) is 0. The van der Waals surface area contributed by atoms with E-state index < -0.39 is 16.2 Å². The van der Waals surface area contributed by atoms with E-state index in [4.69, 9.17) is 21.5 Å². The number of ether oxygens (including phenoxy) is 1. The predicted octanol–water partition coefficient (Wildman–Crippen LogP) is 14.0. The van der Waals surface area contributed by atoms with Gasteiger partial charge in [-0.1, -0.05) is 109 Å². The van der Waals surface area contributed by atoms with Crippen molar-refractivity contribution in [3.8, 4) is 0 Å². The molecule has 0 saturated heterocycles. The van der Waals surface area contributed by atoms with Gasteiger partial charge in [-0.3, -0.25) is 0 Å². The van der Waals surface area contributed by atoms with Gasteiger partial charge < -0.3 is 21.5 Å². The van der Waals surface area contributed by atoms with E-state index in [2.05, 4.69) is 133 Å². The van der Waals surface area contributed by atoms with E-state index in [0.29, 0.717) is 13.2 Å². The minimum atomic E-state index is -1.44. The second-order valence-corrected chi connectivity index (χ2v) is 16.5. The fourth-order valence-corrected chi connectivity index (χ4v) is 9.75. The van der Waals surface area contributed by atoms with Crippen LogP contribution in [0, 0.1) is 0 Å². The number of rotatable bonds is 5. The average molecular weight is 732 g/mol. The summed E-state index contributed by atoms with van der Waals surface area (Å²) in [6.45, 7) is 2.66. The van der Waals surface area contributed by atoms with Gasteiger partial charge in [0.15, 0.2) is 0 Å². The minimum absolute atomic E-state index is 0.322. The molecule has 2 aromatic heterocycles. The molecule has 0 saturated carbocycles. The standard InChI is InChI=1S/C45H35NO5P2/c1-46(2)53-49-39-23-21-29-13-5-9-17-35(29)41(39)43-37-19-11-7-15-31(37)25-33(45(43)51-53)27-47-26-32-24-30-14-6-10-18-36(30)42-40-34-16-8-4-12-28(34)20-22-38(40)48-52(3)50-44(32)42/h4-25H,26-27H2,1-3H3. The predicted molar refractivity (Wildman–Crippen MR) is 222 cm³/mol. The highest BCUT2D eigenvalue weighted by Gasteiger charge is 2.19. The van der Waals surface area contributed by atoms with Gasteiger partial charge in [-0.2, -0.15) is 0 Å². The Kier molecular flexibility index (Phi) is 7.82. The lowest BCUT2D eigenvalue weighted by molar-refractivity contribution is 0.108. The number of fused-ring (bicyclic) bond motifs is 14. The Morgan fingerprint density at radius 1 is 0.472 bits per heavy atom. The van der Waals surface area contributed by atoms with Crippen molar-refractivity contribution in [3.05, 3.63) is 145 Å². The fourth-order valence-electron chi connectivity index (χ4n) is 7.76. The number of aryl methyl sites for hydroxylation is 1. The van der Waals surface area contributed by atoms with Gasteiger partial charge in [0.1, 0.15) is 22.3 Å². The SMILES string of the molecule is CN(C)p1oc2ccc3ccccc3c2c2c(o1)c(COCc1cc3ccccc3c3c1op(C)oc1ccc4ccccc4c13)cc1ccccc12. The average Bonchev–Trinajstić information content (AvgIpc) is 3.46. The molecule has 8 heteroatoms. The normalized spacial score (nSPS) is 12.8. The molecule has 53 heavy (non-hydrogen) atoms. The summed E-state index contributed by atoms with van der Waals surface area (Å²) in [4.78, 5) is 0. The Hall–Kier alpha value is -5.48. The van der Waals surface area contributed by atoms with Gasteiger partial charge in [0.05, 0.1) is 13.2 Å². The van der Waals surface area contributed by atoms with Crippen molar-refractivity contribution in [2.75, 3.05) is 18.8 Å². The molecule has 2 atom stereocenters. The second kappa shape index (κ2) is 12.9. The van der Waals surface area contributed by atoms with Gasteiger partial charge >= 0.3 is 8.16 Å². The zero-order valence-corrected chi connectivity index (χ0v) is 31.3. The third-order valence-electron chi connectivity index (χ3n) is 10.1. The molecule has 10 rings (SSSR count). The van der Waals surface area contributed by atoms with E-state index in [-0.39, 0.29) is 0 Å². The molecule has 0 fully saturated rings. The quantitative estimate of drug-likeness (QED) is 0.176. The first-order valence-corrected chi connectivity index (χ1v) is 20.4. The lowest BCUT2D eigenvalue weighted by Crippen LogP contribution is -2.02. The molecule has 2 heterocycles. The van der Waals surface area contributed by atoms with Crippen LogP contribution in [0.3, 0.4) is 0 Å². The summed E-state index contributed by atoms with van der Waals surface area (Å²) in [6.07, 6.45) is 0. The molecule has 8 aromatic carbocycles. The van der Waals surface area contributed by atoms with Crippen LogP contribution in [0.5, 0.6) is 0 Å². The Morgan fingerprint density at radius 3 is 1.42 bits per heavy atom. The molecule has 10 aromatic rings. The van der Waals surface area contributed by atoms with Gasteiger partial charge in [0, 0.05) is 53.4 Å². The highest BCUT2D eigenvalue weighted by molar-refractivity contribution is 7.38. The Balaban J connectivity index is 1.19. The fraction of sp³-hybridized carbons (Fsp3) is 0.111. The first kappa shape index (κ1) is 32.2. The van der Waals surface area contributed by atoms with Gasteiger partial charge in [-0.05, 0) is 67.4 Å². The Labute approximate surface area is 306 Å². The number of benzene rings is 8. The number of hydrogen-bond acceptors (Lipinski definition) is 6. The second-order valence-electron chi connectivity index (χ2n) is 13.6. The van der Waals surface area contributed by atoms with Crippen molar-refractivity contribution in [2.24, 2.45) is 6.66 Å². The Bertz CT molecular complexity index is 3170. The molecular formula is C45H35NO5P2. The van der Waals surface area contributed by atoms with Crippen LogP contribution < -0.4 is 4.67 Å². The van der Waals surface area contributed by atoms with Gasteiger partial charge in [0.25, 0.3) is 0 Å². The van der Waals surface area contributed by atoms with Crippen LogP contribution in [-0.4, -0.2) is 14.1 Å². The summed E-state index contributed by atoms with van der Waals surface area (Å²) in [7, 11) is 1.29. The lowest BCUT2D eigenvalue weighted by atomic mass is 9.96. The van der Waals surface area contributed by atoms with Crippen molar-refractivity contribution in [1.82, 2.24) is 0 Å². The first-order valence-electron chi connectivity index (χ1n) is 17.7. The maximum absolute atomic E-state index is 6.90. The van der Waals surface area contributed by atoms with E-state index in [9.17, 15) is 0 Å². The molecule has 0 aliphatic carbocycles. The monoisotopic (exact) mass is 731 g/mol. The van der Waals surface area contributed by atoms with Crippen molar-refractivity contribution in [1.29, 1.82) is 0 Å². The van der Waals surface area contributed by atoms with Crippen molar-refractivity contribution >= 4 is 103 Å². The van der Waals surface area contributed by atoms with E-state index in [1.165, 1.54) is 0 Å².